The number of carbonyl (C=O) groups excluding carboxylic acids is 1. The molecule has 1 aliphatic rings. The summed E-state index contributed by atoms with van der Waals surface area (Å²) >= 11 is 1.40. The van der Waals surface area contributed by atoms with E-state index in [4.69, 9.17) is 19.3 Å². The topological polar surface area (TPSA) is 60.4 Å². The second-order valence-corrected chi connectivity index (χ2v) is 7.68. The van der Waals surface area contributed by atoms with E-state index in [-0.39, 0.29) is 11.9 Å². The van der Waals surface area contributed by atoms with E-state index in [2.05, 4.69) is 0 Å². The summed E-state index contributed by atoms with van der Waals surface area (Å²) in [6.07, 6.45) is 0.549. The Labute approximate surface area is 179 Å². The maximum absolute atomic E-state index is 13.3. The SMILES string of the molecule is COc1cc(OC)cc(C2=NN(C(=O)c3cccs3)[C@@H](c3ccccc3OC)C2)c1. The van der Waals surface area contributed by atoms with E-state index in [1.807, 2.05) is 60.0 Å². The van der Waals surface area contributed by atoms with Crippen LogP contribution in [0.5, 0.6) is 17.2 Å². The Kier molecular flexibility index (Phi) is 5.72. The lowest BCUT2D eigenvalue weighted by molar-refractivity contribution is 0.0714. The van der Waals surface area contributed by atoms with Crippen molar-refractivity contribution in [3.8, 4) is 17.2 Å². The summed E-state index contributed by atoms with van der Waals surface area (Å²) in [5, 5.41) is 8.19. The monoisotopic (exact) mass is 422 g/mol. The maximum atomic E-state index is 13.3. The van der Waals surface area contributed by atoms with Gasteiger partial charge in [0.1, 0.15) is 17.2 Å². The smallest absolute Gasteiger partial charge is 0.284 e. The third-order valence-corrected chi connectivity index (χ3v) is 5.89. The lowest BCUT2D eigenvalue weighted by atomic mass is 9.97. The summed E-state index contributed by atoms with van der Waals surface area (Å²) in [6.45, 7) is 0. The zero-order valence-corrected chi connectivity index (χ0v) is 17.8. The average molecular weight is 423 g/mol. The maximum Gasteiger partial charge on any atom is 0.284 e. The summed E-state index contributed by atoms with van der Waals surface area (Å²) in [4.78, 5) is 13.9. The van der Waals surface area contributed by atoms with Crippen LogP contribution < -0.4 is 14.2 Å². The number of thiophene rings is 1. The minimum Gasteiger partial charge on any atom is -0.497 e. The molecule has 1 aromatic heterocycles. The Morgan fingerprint density at radius 3 is 2.37 bits per heavy atom. The Morgan fingerprint density at radius 1 is 1.00 bits per heavy atom. The highest BCUT2D eigenvalue weighted by Crippen LogP contribution is 2.39. The quantitative estimate of drug-likeness (QED) is 0.574. The third kappa shape index (κ3) is 3.76. The second-order valence-electron chi connectivity index (χ2n) is 6.74. The number of carbonyl (C=O) groups is 1. The average Bonchev–Trinajstić information content (AvgIpc) is 3.48. The molecule has 0 saturated carbocycles. The number of benzene rings is 2. The van der Waals surface area contributed by atoms with Gasteiger partial charge in [0.15, 0.2) is 0 Å². The minimum absolute atomic E-state index is 0.134. The molecule has 0 unspecified atom stereocenters. The molecule has 1 aliphatic heterocycles. The summed E-state index contributed by atoms with van der Waals surface area (Å²) in [7, 11) is 4.85. The van der Waals surface area contributed by atoms with Gasteiger partial charge in [-0.15, -0.1) is 11.3 Å². The van der Waals surface area contributed by atoms with Crippen LogP contribution in [-0.2, 0) is 0 Å². The van der Waals surface area contributed by atoms with Crippen LogP contribution in [0.15, 0.2) is 65.1 Å². The van der Waals surface area contributed by atoms with E-state index in [0.717, 1.165) is 22.6 Å². The molecule has 2 aromatic carbocycles. The van der Waals surface area contributed by atoms with Crippen molar-refractivity contribution in [2.45, 2.75) is 12.5 Å². The van der Waals surface area contributed by atoms with Crippen LogP contribution >= 0.6 is 11.3 Å². The van der Waals surface area contributed by atoms with Crippen LogP contribution in [0.3, 0.4) is 0 Å². The number of nitrogens with zero attached hydrogens (tertiary/aromatic N) is 2. The highest BCUT2D eigenvalue weighted by Gasteiger charge is 2.35. The molecule has 154 valence electrons. The van der Waals surface area contributed by atoms with Crippen molar-refractivity contribution in [2.75, 3.05) is 21.3 Å². The molecule has 0 bridgehead atoms. The predicted octanol–water partition coefficient (Wildman–Crippen LogP) is 4.77. The summed E-state index contributed by atoms with van der Waals surface area (Å²) in [5.41, 5.74) is 2.55. The van der Waals surface area contributed by atoms with Crippen molar-refractivity contribution in [1.82, 2.24) is 5.01 Å². The first-order chi connectivity index (χ1) is 14.6. The molecule has 7 heteroatoms. The molecular formula is C23H22N2O4S. The van der Waals surface area contributed by atoms with Crippen LogP contribution in [0.25, 0.3) is 0 Å². The Hall–Kier alpha value is -3.32. The molecule has 4 rings (SSSR count). The molecule has 30 heavy (non-hydrogen) atoms. The third-order valence-electron chi connectivity index (χ3n) is 5.03. The van der Waals surface area contributed by atoms with Gasteiger partial charge < -0.3 is 14.2 Å². The van der Waals surface area contributed by atoms with E-state index in [9.17, 15) is 4.79 Å². The van der Waals surface area contributed by atoms with Crippen molar-refractivity contribution in [3.63, 3.8) is 0 Å². The highest BCUT2D eigenvalue weighted by molar-refractivity contribution is 7.12. The lowest BCUT2D eigenvalue weighted by Crippen LogP contribution is -2.26. The first kappa shape index (κ1) is 20.0. The molecule has 1 amide bonds. The molecule has 0 saturated heterocycles. The van der Waals surface area contributed by atoms with Crippen molar-refractivity contribution < 1.29 is 19.0 Å². The van der Waals surface area contributed by atoms with Gasteiger partial charge in [-0.3, -0.25) is 4.79 Å². The van der Waals surface area contributed by atoms with Crippen LogP contribution in [0.4, 0.5) is 0 Å². The van der Waals surface area contributed by atoms with Crippen LogP contribution in [0, 0.1) is 0 Å². The Bertz CT molecular complexity index is 1060. The van der Waals surface area contributed by atoms with Gasteiger partial charge in [-0.25, -0.2) is 5.01 Å². The molecule has 2 heterocycles. The number of hydrazone groups is 1. The van der Waals surface area contributed by atoms with Gasteiger partial charge in [0, 0.05) is 23.6 Å². The van der Waals surface area contributed by atoms with Crippen molar-refractivity contribution in [2.24, 2.45) is 5.10 Å². The standard InChI is InChI=1S/C23H22N2O4S/c1-27-16-11-15(12-17(13-16)28-2)19-14-20(18-7-4-5-8-21(18)29-3)25(24-19)23(26)22-9-6-10-30-22/h4-13,20H,14H2,1-3H3/t20-/m1/s1. The minimum atomic E-state index is -0.275. The molecule has 3 aromatic rings. The van der Waals surface area contributed by atoms with Gasteiger partial charge in [0.05, 0.1) is 38.0 Å². The summed E-state index contributed by atoms with van der Waals surface area (Å²) in [6, 6.07) is 16.7. The van der Waals surface area contributed by atoms with Crippen LogP contribution in [0.2, 0.25) is 0 Å². The van der Waals surface area contributed by atoms with Crippen molar-refractivity contribution >= 4 is 23.0 Å². The summed E-state index contributed by atoms with van der Waals surface area (Å²) < 4.78 is 16.4. The van der Waals surface area contributed by atoms with Gasteiger partial charge in [-0.05, 0) is 29.6 Å². The van der Waals surface area contributed by atoms with E-state index < -0.39 is 0 Å². The zero-order chi connectivity index (χ0) is 21.1. The highest BCUT2D eigenvalue weighted by atomic mass is 32.1. The molecule has 0 N–H and O–H groups in total. The Balaban J connectivity index is 1.78. The van der Waals surface area contributed by atoms with Crippen molar-refractivity contribution in [1.29, 1.82) is 0 Å². The molecule has 1 atom stereocenters. The number of hydrogen-bond donors (Lipinski definition) is 0. The number of ether oxygens (including phenoxy) is 3. The predicted molar refractivity (Wildman–Crippen MR) is 117 cm³/mol. The first-order valence-corrected chi connectivity index (χ1v) is 10.3. The van der Waals surface area contributed by atoms with Gasteiger partial charge in [0.25, 0.3) is 5.91 Å². The van der Waals surface area contributed by atoms with E-state index in [1.54, 1.807) is 26.3 Å². The molecule has 0 aliphatic carbocycles. The number of hydrogen-bond acceptors (Lipinski definition) is 6. The van der Waals surface area contributed by atoms with E-state index >= 15 is 0 Å². The fraction of sp³-hybridized carbons (Fsp3) is 0.217. The molecule has 0 fully saturated rings. The fourth-order valence-electron chi connectivity index (χ4n) is 3.54. The largest absolute Gasteiger partial charge is 0.497 e. The first-order valence-electron chi connectivity index (χ1n) is 9.45. The molecular weight excluding hydrogens is 400 g/mol. The number of para-hydroxylation sites is 1. The van der Waals surface area contributed by atoms with Crippen LogP contribution in [-0.4, -0.2) is 38.0 Å². The second kappa shape index (κ2) is 8.59. The number of amides is 1. The normalized spacial score (nSPS) is 15.6. The number of methoxy groups -OCH3 is 3. The van der Waals surface area contributed by atoms with E-state index in [0.29, 0.717) is 22.8 Å². The zero-order valence-electron chi connectivity index (χ0n) is 17.0. The van der Waals surface area contributed by atoms with Crippen molar-refractivity contribution in [3.05, 3.63) is 76.0 Å². The van der Waals surface area contributed by atoms with Gasteiger partial charge >= 0.3 is 0 Å². The fourth-order valence-corrected chi connectivity index (χ4v) is 4.20. The van der Waals surface area contributed by atoms with E-state index in [1.165, 1.54) is 11.3 Å². The summed E-state index contributed by atoms with van der Waals surface area (Å²) in [5.74, 6) is 1.93. The number of rotatable bonds is 6. The molecule has 0 spiro atoms. The molecule has 0 radical (unpaired) electrons. The van der Waals surface area contributed by atoms with Crippen LogP contribution in [0.1, 0.15) is 33.3 Å². The lowest BCUT2D eigenvalue weighted by Gasteiger charge is -2.23. The van der Waals surface area contributed by atoms with Gasteiger partial charge in [-0.2, -0.15) is 5.10 Å². The Morgan fingerprint density at radius 2 is 1.73 bits per heavy atom. The van der Waals surface area contributed by atoms with Gasteiger partial charge in [0.2, 0.25) is 0 Å². The van der Waals surface area contributed by atoms with Gasteiger partial charge in [-0.1, -0.05) is 24.3 Å². The molecule has 6 nitrogen and oxygen atoms in total.